The van der Waals surface area contributed by atoms with Gasteiger partial charge in [0.25, 0.3) is 0 Å². The molecule has 2 rings (SSSR count). The van der Waals surface area contributed by atoms with Crippen LogP contribution in [0.15, 0.2) is 29.2 Å². The third-order valence-electron chi connectivity index (χ3n) is 3.97. The van der Waals surface area contributed by atoms with E-state index in [9.17, 15) is 8.42 Å². The maximum atomic E-state index is 12.2. The molecule has 2 unspecified atom stereocenters. The molecule has 0 spiro atoms. The van der Waals surface area contributed by atoms with Gasteiger partial charge in [0.05, 0.1) is 16.2 Å². The van der Waals surface area contributed by atoms with Crippen LogP contribution in [0.2, 0.25) is 0 Å². The first-order chi connectivity index (χ1) is 9.45. The third-order valence-corrected chi connectivity index (χ3v) is 5.74. The molecular weight excluding hydrogens is 276 g/mol. The molecule has 5 nitrogen and oxygen atoms in total. The second-order valence-corrected chi connectivity index (χ2v) is 7.49. The van der Waals surface area contributed by atoms with Crippen molar-refractivity contribution in [2.24, 2.45) is 5.73 Å². The van der Waals surface area contributed by atoms with Crippen molar-refractivity contribution in [1.29, 1.82) is 0 Å². The summed E-state index contributed by atoms with van der Waals surface area (Å²) in [5.41, 5.74) is 6.18. The van der Waals surface area contributed by atoms with E-state index in [1.807, 2.05) is 19.1 Å². The zero-order valence-electron chi connectivity index (χ0n) is 11.7. The number of nitrogens with two attached hydrogens (primary N) is 1. The molecule has 0 radical (unpaired) electrons. The topological polar surface area (TPSA) is 92.4 Å². The average Bonchev–Trinajstić information content (AvgIpc) is 2.43. The van der Waals surface area contributed by atoms with E-state index in [1.165, 1.54) is 0 Å². The highest BCUT2D eigenvalue weighted by Gasteiger charge is 2.41. The summed E-state index contributed by atoms with van der Waals surface area (Å²) in [6.07, 6.45) is 1.06. The molecule has 0 bridgehead atoms. The van der Waals surface area contributed by atoms with Gasteiger partial charge in [-0.15, -0.1) is 0 Å². The van der Waals surface area contributed by atoms with E-state index < -0.39 is 15.4 Å². The summed E-state index contributed by atoms with van der Waals surface area (Å²) in [6, 6.07) is 7.12. The lowest BCUT2D eigenvalue weighted by Gasteiger charge is -2.41. The van der Waals surface area contributed by atoms with Crippen molar-refractivity contribution in [2.45, 2.75) is 36.2 Å². The predicted octanol–water partition coefficient (Wildman–Crippen LogP) is 0.379. The minimum atomic E-state index is -3.22. The Balaban J connectivity index is 2.45. The summed E-state index contributed by atoms with van der Waals surface area (Å²) in [4.78, 5) is 0.375. The van der Waals surface area contributed by atoms with Crippen molar-refractivity contribution >= 4 is 9.84 Å². The third kappa shape index (κ3) is 2.74. The van der Waals surface area contributed by atoms with Crippen molar-refractivity contribution < 1.29 is 13.5 Å². The highest BCUT2D eigenvalue weighted by molar-refractivity contribution is 7.91. The summed E-state index contributed by atoms with van der Waals surface area (Å²) in [6.45, 7) is 2.39. The van der Waals surface area contributed by atoms with Gasteiger partial charge in [0, 0.05) is 19.2 Å². The SMILES string of the molecule is CC(CCO)NC1(CN)CCS(=O)(=O)c2ccccc21. The van der Waals surface area contributed by atoms with Crippen LogP contribution < -0.4 is 11.1 Å². The van der Waals surface area contributed by atoms with Crippen LogP contribution in [0.1, 0.15) is 25.3 Å². The molecule has 0 saturated carbocycles. The summed E-state index contributed by atoms with van der Waals surface area (Å²) in [7, 11) is -3.22. The Morgan fingerprint density at radius 3 is 2.80 bits per heavy atom. The van der Waals surface area contributed by atoms with Crippen molar-refractivity contribution in [3.8, 4) is 0 Å². The first kappa shape index (κ1) is 15.4. The molecule has 4 N–H and O–H groups in total. The predicted molar refractivity (Wildman–Crippen MR) is 78.1 cm³/mol. The molecule has 0 amide bonds. The minimum Gasteiger partial charge on any atom is -0.396 e. The quantitative estimate of drug-likeness (QED) is 0.731. The first-order valence-corrected chi connectivity index (χ1v) is 8.51. The number of aliphatic hydroxyl groups is 1. The molecule has 1 aliphatic rings. The molecule has 1 heterocycles. The second kappa shape index (κ2) is 5.81. The Labute approximate surface area is 120 Å². The van der Waals surface area contributed by atoms with E-state index in [0.717, 1.165) is 5.56 Å². The number of hydrogen-bond donors (Lipinski definition) is 3. The minimum absolute atomic E-state index is 0.0670. The Morgan fingerprint density at radius 1 is 1.45 bits per heavy atom. The van der Waals surface area contributed by atoms with Gasteiger partial charge in [-0.3, -0.25) is 0 Å². The van der Waals surface area contributed by atoms with Gasteiger partial charge < -0.3 is 16.2 Å². The van der Waals surface area contributed by atoms with Gasteiger partial charge in [0.15, 0.2) is 9.84 Å². The molecule has 0 aliphatic carbocycles. The van der Waals surface area contributed by atoms with Gasteiger partial charge in [-0.2, -0.15) is 0 Å². The summed E-state index contributed by atoms with van der Waals surface area (Å²) in [5, 5.41) is 12.5. The molecule has 2 atom stereocenters. The molecule has 112 valence electrons. The van der Waals surface area contributed by atoms with Gasteiger partial charge in [-0.1, -0.05) is 18.2 Å². The maximum absolute atomic E-state index is 12.2. The number of benzene rings is 1. The lowest BCUT2D eigenvalue weighted by Crippen LogP contribution is -2.55. The van der Waals surface area contributed by atoms with E-state index in [2.05, 4.69) is 5.32 Å². The van der Waals surface area contributed by atoms with E-state index >= 15 is 0 Å². The van der Waals surface area contributed by atoms with Gasteiger partial charge in [-0.05, 0) is 31.4 Å². The molecular formula is C14H22N2O3S. The molecule has 20 heavy (non-hydrogen) atoms. The summed E-state index contributed by atoms with van der Waals surface area (Å²) >= 11 is 0. The number of hydrogen-bond acceptors (Lipinski definition) is 5. The van der Waals surface area contributed by atoms with E-state index in [0.29, 0.717) is 24.3 Å². The fraction of sp³-hybridized carbons (Fsp3) is 0.571. The van der Waals surface area contributed by atoms with Crippen molar-refractivity contribution in [1.82, 2.24) is 5.32 Å². The Morgan fingerprint density at radius 2 is 2.15 bits per heavy atom. The van der Waals surface area contributed by atoms with Crippen molar-refractivity contribution in [2.75, 3.05) is 18.9 Å². The highest BCUT2D eigenvalue weighted by atomic mass is 32.2. The Hall–Kier alpha value is -0.950. The summed E-state index contributed by atoms with van der Waals surface area (Å²) < 4.78 is 24.4. The number of fused-ring (bicyclic) bond motifs is 1. The van der Waals surface area contributed by atoms with Crippen LogP contribution in [0.3, 0.4) is 0 Å². The van der Waals surface area contributed by atoms with Crippen LogP contribution in [0.4, 0.5) is 0 Å². The van der Waals surface area contributed by atoms with E-state index in [-0.39, 0.29) is 18.4 Å². The number of nitrogens with one attached hydrogen (secondary N) is 1. The molecule has 0 fully saturated rings. The standard InChI is InChI=1S/C14H22N2O3S/c1-11(6-8-17)16-14(10-15)7-9-20(18,19)13-5-3-2-4-12(13)14/h2-5,11,16-17H,6-10,15H2,1H3. The first-order valence-electron chi connectivity index (χ1n) is 6.86. The molecule has 0 aromatic heterocycles. The van der Waals surface area contributed by atoms with Crippen LogP contribution >= 0.6 is 0 Å². The Bertz CT molecular complexity index is 574. The van der Waals surface area contributed by atoms with Gasteiger partial charge in [0.2, 0.25) is 0 Å². The fourth-order valence-electron chi connectivity index (χ4n) is 2.84. The van der Waals surface area contributed by atoms with Gasteiger partial charge in [0.1, 0.15) is 0 Å². The van der Waals surface area contributed by atoms with E-state index in [4.69, 9.17) is 10.8 Å². The van der Waals surface area contributed by atoms with E-state index in [1.54, 1.807) is 12.1 Å². The monoisotopic (exact) mass is 298 g/mol. The van der Waals surface area contributed by atoms with Gasteiger partial charge in [-0.25, -0.2) is 8.42 Å². The van der Waals surface area contributed by atoms with Crippen LogP contribution in [-0.4, -0.2) is 38.5 Å². The van der Waals surface area contributed by atoms with Crippen molar-refractivity contribution in [3.05, 3.63) is 29.8 Å². The van der Waals surface area contributed by atoms with Crippen LogP contribution in [-0.2, 0) is 15.4 Å². The largest absolute Gasteiger partial charge is 0.396 e. The number of aliphatic hydroxyl groups excluding tert-OH is 1. The number of sulfone groups is 1. The zero-order valence-corrected chi connectivity index (χ0v) is 12.5. The molecule has 1 aliphatic heterocycles. The van der Waals surface area contributed by atoms with Crippen LogP contribution in [0, 0.1) is 0 Å². The molecule has 6 heteroatoms. The molecule has 1 aromatic rings. The zero-order chi connectivity index (χ0) is 14.8. The maximum Gasteiger partial charge on any atom is 0.178 e. The van der Waals surface area contributed by atoms with Crippen molar-refractivity contribution in [3.63, 3.8) is 0 Å². The molecule has 0 saturated heterocycles. The Kier molecular flexibility index (Phi) is 4.49. The lowest BCUT2D eigenvalue weighted by atomic mass is 9.85. The molecule has 1 aromatic carbocycles. The smallest absolute Gasteiger partial charge is 0.178 e. The number of rotatable bonds is 5. The average molecular weight is 298 g/mol. The van der Waals surface area contributed by atoms with Crippen LogP contribution in [0.25, 0.3) is 0 Å². The van der Waals surface area contributed by atoms with Crippen LogP contribution in [0.5, 0.6) is 0 Å². The second-order valence-electron chi connectivity index (χ2n) is 5.41. The highest BCUT2D eigenvalue weighted by Crippen LogP contribution is 2.36. The van der Waals surface area contributed by atoms with Gasteiger partial charge >= 0.3 is 0 Å². The fourth-order valence-corrected chi connectivity index (χ4v) is 4.57. The lowest BCUT2D eigenvalue weighted by molar-refractivity contribution is 0.229. The summed E-state index contributed by atoms with van der Waals surface area (Å²) in [5.74, 6) is 0.0973. The normalized spacial score (nSPS) is 25.9.